The van der Waals surface area contributed by atoms with Crippen LogP contribution in [0.15, 0.2) is 18.3 Å². The molecule has 0 atom stereocenters. The molecule has 1 fully saturated rings. The highest BCUT2D eigenvalue weighted by Crippen LogP contribution is 2.28. The standard InChI is InChI=1S/C16H24N2O2/c1-12-11-14(5-8-17-12)13-6-9-18(10-7-13)15(19)20-16(2,3)4/h5,8,11,13H,6-7,9-10H2,1-4H3/i1D3,5D,6D2,7D2,8D,9D2,10D2,11D,13D. The molecule has 0 radical (unpaired) electrons. The van der Waals surface area contributed by atoms with Crippen molar-refractivity contribution in [2.24, 2.45) is 0 Å². The summed E-state index contributed by atoms with van der Waals surface area (Å²) in [5, 5.41) is 0. The lowest BCUT2D eigenvalue weighted by Crippen LogP contribution is -2.41. The molecule has 0 spiro atoms. The minimum atomic E-state index is -3.93. The van der Waals surface area contributed by atoms with Gasteiger partial charge in [-0.1, -0.05) is 0 Å². The summed E-state index contributed by atoms with van der Waals surface area (Å²) in [6.45, 7) is -6.85. The lowest BCUT2D eigenvalue weighted by Gasteiger charge is -2.33. The van der Waals surface area contributed by atoms with Gasteiger partial charge in [-0.2, -0.15) is 0 Å². The molecule has 1 saturated heterocycles. The average Bonchev–Trinajstić information content (AvgIpc) is 2.60. The van der Waals surface area contributed by atoms with E-state index in [2.05, 4.69) is 4.98 Å². The maximum atomic E-state index is 12.8. The van der Waals surface area contributed by atoms with Crippen LogP contribution in [-0.2, 0) is 4.74 Å². The van der Waals surface area contributed by atoms with Gasteiger partial charge in [0.2, 0.25) is 0 Å². The van der Waals surface area contributed by atoms with E-state index in [1.54, 1.807) is 0 Å². The van der Waals surface area contributed by atoms with Crippen LogP contribution in [-0.4, -0.2) is 34.6 Å². The van der Waals surface area contributed by atoms with E-state index in [1.807, 2.05) is 0 Å². The highest BCUT2D eigenvalue weighted by atomic mass is 16.6. The molecule has 2 heterocycles. The minimum absolute atomic E-state index is 0.446. The van der Waals surface area contributed by atoms with Gasteiger partial charge in [-0.25, -0.2) is 4.79 Å². The predicted octanol–water partition coefficient (Wildman–Crippen LogP) is 3.50. The summed E-state index contributed by atoms with van der Waals surface area (Å²) >= 11 is 0. The zero-order chi connectivity index (χ0) is 28.0. The lowest BCUT2D eigenvalue weighted by atomic mass is 9.90. The molecule has 1 aromatic heterocycles. The number of aromatic nitrogens is 1. The largest absolute Gasteiger partial charge is 0.444 e. The average molecular weight is 291 g/mol. The van der Waals surface area contributed by atoms with E-state index in [0.29, 0.717) is 0 Å². The van der Waals surface area contributed by atoms with Gasteiger partial charge in [0.05, 0.1) is 4.11 Å². The van der Waals surface area contributed by atoms with Crippen molar-refractivity contribution in [3.8, 4) is 0 Å². The molecular formula is C16H24N2O2. The Bertz CT molecular complexity index is 1020. The Hall–Kier alpha value is -1.58. The summed E-state index contributed by atoms with van der Waals surface area (Å²) in [5.74, 6) is -3.86. The topological polar surface area (TPSA) is 42.4 Å². The highest BCUT2D eigenvalue weighted by Gasteiger charge is 2.27. The van der Waals surface area contributed by atoms with Crippen molar-refractivity contribution in [1.82, 2.24) is 9.88 Å². The van der Waals surface area contributed by atoms with E-state index in [4.69, 9.17) is 25.3 Å². The summed E-state index contributed by atoms with van der Waals surface area (Å²) in [7, 11) is 0. The van der Waals surface area contributed by atoms with Crippen molar-refractivity contribution in [2.45, 2.75) is 51.9 Å². The molecule has 0 aliphatic carbocycles. The molecule has 20 heavy (non-hydrogen) atoms. The number of aryl methyl sites for hydroxylation is 1. The third kappa shape index (κ3) is 3.95. The first-order chi connectivity index (χ1) is 15.2. The number of rotatable bonds is 1. The van der Waals surface area contributed by atoms with E-state index in [-0.39, 0.29) is 0 Å². The number of likely N-dealkylation sites (tertiary alicyclic amines) is 1. The fourth-order valence-electron chi connectivity index (χ4n) is 1.25. The van der Waals surface area contributed by atoms with Crippen molar-refractivity contribution >= 4 is 6.09 Å². The monoisotopic (exact) mass is 291 g/mol. The molecule has 0 aromatic carbocycles. The van der Waals surface area contributed by atoms with Crippen LogP contribution < -0.4 is 0 Å². The van der Waals surface area contributed by atoms with Crippen molar-refractivity contribution in [3.63, 3.8) is 0 Å². The molecule has 0 unspecified atom stereocenters. The van der Waals surface area contributed by atoms with E-state index in [0.717, 1.165) is 0 Å². The summed E-state index contributed by atoms with van der Waals surface area (Å²) in [5.41, 5.74) is -3.90. The molecule has 4 heteroatoms. The van der Waals surface area contributed by atoms with Crippen LogP contribution in [0.1, 0.15) is 71.2 Å². The minimum Gasteiger partial charge on any atom is -0.444 e. The SMILES string of the molecule is [2H]c1nc(C([2H])([2H])[2H])c([2H])c(C2([2H])C([2H])([2H])C([2H])([2H])N(C(=O)OC(C)(C)C)C([2H])([2H])C2([2H])[2H])c1[2H]. The fraction of sp³-hybridized carbons (Fsp3) is 0.625. The molecule has 0 saturated carbocycles. The molecule has 0 bridgehead atoms. The third-order valence-electron chi connectivity index (χ3n) is 2.00. The summed E-state index contributed by atoms with van der Waals surface area (Å²) in [4.78, 5) is 15.6. The number of piperidine rings is 1. The highest BCUT2D eigenvalue weighted by molar-refractivity contribution is 5.68. The normalized spacial score (nSPS) is 40.4. The van der Waals surface area contributed by atoms with Gasteiger partial charge in [-0.15, -0.1) is 0 Å². The van der Waals surface area contributed by atoms with Gasteiger partial charge in [-0.3, -0.25) is 4.98 Å². The maximum absolute atomic E-state index is 12.8. The Labute approximate surface area is 142 Å². The van der Waals surface area contributed by atoms with Crippen LogP contribution in [0.5, 0.6) is 0 Å². The van der Waals surface area contributed by atoms with Gasteiger partial charge in [-0.05, 0) is 63.9 Å². The molecule has 1 aliphatic heterocycles. The van der Waals surface area contributed by atoms with Crippen LogP contribution in [0.25, 0.3) is 0 Å². The van der Waals surface area contributed by atoms with Gasteiger partial charge in [0.25, 0.3) is 0 Å². The molecular weight excluding hydrogens is 252 g/mol. The Morgan fingerprint density at radius 3 is 2.90 bits per heavy atom. The zero-order valence-electron chi connectivity index (χ0n) is 26.2. The number of ether oxygens (including phenoxy) is 1. The molecule has 110 valence electrons. The Kier molecular flexibility index (Phi) is 1.37. The molecule has 0 N–H and O–H groups in total. The second-order valence-corrected chi connectivity index (χ2v) is 4.86. The van der Waals surface area contributed by atoms with E-state index in [9.17, 15) is 4.79 Å². The molecule has 1 aliphatic rings. The van der Waals surface area contributed by atoms with Gasteiger partial charge in [0.15, 0.2) is 0 Å². The molecule has 1 aromatic rings. The van der Waals surface area contributed by atoms with Gasteiger partial charge >= 0.3 is 6.09 Å². The molecule has 2 rings (SSSR count). The first kappa shape index (κ1) is 4.72. The van der Waals surface area contributed by atoms with Crippen molar-refractivity contribution in [2.75, 3.05) is 13.0 Å². The number of carbonyl (C=O) groups is 1. The van der Waals surface area contributed by atoms with Gasteiger partial charge in [0, 0.05) is 41.3 Å². The zero-order valence-corrected chi connectivity index (χ0v) is 11.2. The number of hydrogen-bond donors (Lipinski definition) is 0. The van der Waals surface area contributed by atoms with Crippen LogP contribution >= 0.6 is 0 Å². The Morgan fingerprint density at radius 1 is 1.60 bits per heavy atom. The van der Waals surface area contributed by atoms with Crippen molar-refractivity contribution in [3.05, 3.63) is 29.5 Å². The molecule has 4 nitrogen and oxygen atoms in total. The first-order valence-corrected chi connectivity index (χ1v) is 5.73. The first-order valence-electron chi connectivity index (χ1n) is 13.2. The maximum Gasteiger partial charge on any atom is 0.410 e. The molecule has 1 amide bonds. The fourth-order valence-corrected chi connectivity index (χ4v) is 1.25. The second kappa shape index (κ2) is 5.81. The van der Waals surface area contributed by atoms with Crippen LogP contribution in [0.4, 0.5) is 4.79 Å². The Balaban J connectivity index is 3.04. The predicted molar refractivity (Wildman–Crippen MR) is 78.8 cm³/mol. The van der Waals surface area contributed by atoms with E-state index < -0.39 is 84.6 Å². The number of hydrogen-bond acceptors (Lipinski definition) is 3. The van der Waals surface area contributed by atoms with Crippen LogP contribution in [0, 0.1) is 6.85 Å². The van der Waals surface area contributed by atoms with E-state index in [1.165, 1.54) is 20.8 Å². The third-order valence-corrected chi connectivity index (χ3v) is 2.00. The number of amides is 1. The van der Waals surface area contributed by atoms with Gasteiger partial charge < -0.3 is 9.64 Å². The van der Waals surface area contributed by atoms with Gasteiger partial charge in [0.1, 0.15) is 5.60 Å². The van der Waals surface area contributed by atoms with Crippen molar-refractivity contribution < 1.29 is 30.1 Å². The summed E-state index contributed by atoms with van der Waals surface area (Å²) in [6.07, 6.45) is -10.8. The second-order valence-electron chi connectivity index (χ2n) is 4.86. The van der Waals surface area contributed by atoms with Crippen LogP contribution in [0.2, 0.25) is 0 Å². The van der Waals surface area contributed by atoms with E-state index >= 15 is 0 Å². The number of carbonyl (C=O) groups excluding carboxylic acids is 1. The number of nitrogens with zero attached hydrogens (tertiary/aromatic N) is 2. The Morgan fingerprint density at radius 2 is 2.30 bits per heavy atom. The summed E-state index contributed by atoms with van der Waals surface area (Å²) in [6, 6.07) is -2.60. The lowest BCUT2D eigenvalue weighted by molar-refractivity contribution is 0.0205. The smallest absolute Gasteiger partial charge is 0.410 e. The van der Waals surface area contributed by atoms with Crippen LogP contribution in [0.3, 0.4) is 0 Å². The summed E-state index contributed by atoms with van der Waals surface area (Å²) < 4.78 is 128. The quantitative estimate of drug-likeness (QED) is 0.795. The van der Waals surface area contributed by atoms with Crippen molar-refractivity contribution in [1.29, 1.82) is 0 Å². The number of pyridine rings is 1.